The number of aryl methyl sites for hydroxylation is 2. The number of allylic oxidation sites excluding steroid dienone is 3. The topological polar surface area (TPSA) is 75.6 Å². The van der Waals surface area contributed by atoms with Gasteiger partial charge >= 0.3 is 5.97 Å². The van der Waals surface area contributed by atoms with E-state index in [0.717, 1.165) is 44.9 Å². The van der Waals surface area contributed by atoms with Gasteiger partial charge in [-0.05, 0) is 69.3 Å². The molecule has 0 spiro atoms. The Balaban J connectivity index is 1.34. The molecule has 33 heavy (non-hydrogen) atoms. The molecule has 0 bridgehead atoms. The summed E-state index contributed by atoms with van der Waals surface area (Å²) in [6, 6.07) is 8.67. The second-order valence-corrected chi connectivity index (χ2v) is 9.58. The highest BCUT2D eigenvalue weighted by atomic mass is 16.5. The van der Waals surface area contributed by atoms with E-state index < -0.39 is 0 Å². The van der Waals surface area contributed by atoms with E-state index in [4.69, 9.17) is 0 Å². The van der Waals surface area contributed by atoms with Crippen LogP contribution in [0.2, 0.25) is 0 Å². The summed E-state index contributed by atoms with van der Waals surface area (Å²) in [7, 11) is 1.35. The molecule has 0 heterocycles. The van der Waals surface area contributed by atoms with Gasteiger partial charge in [0.15, 0.2) is 0 Å². The van der Waals surface area contributed by atoms with Gasteiger partial charge in [-0.2, -0.15) is 0 Å². The number of methoxy groups -OCH3 is 1. The molecule has 2 aliphatic carbocycles. The molecule has 0 unspecified atom stereocenters. The third-order valence-electron chi connectivity index (χ3n) is 7.02. The zero-order valence-electron chi connectivity index (χ0n) is 20.1. The van der Waals surface area contributed by atoms with Crippen LogP contribution in [0.3, 0.4) is 0 Å². The Morgan fingerprint density at radius 1 is 1.21 bits per heavy atom. The van der Waals surface area contributed by atoms with Crippen molar-refractivity contribution >= 4 is 11.9 Å². The average molecular weight is 454 g/mol. The van der Waals surface area contributed by atoms with Crippen LogP contribution in [0, 0.1) is 24.7 Å². The first-order chi connectivity index (χ1) is 16.0. The fraction of sp³-hybridized carbons (Fsp3) is 0.571. The summed E-state index contributed by atoms with van der Waals surface area (Å²) in [5.74, 6) is 0.949. The van der Waals surface area contributed by atoms with E-state index in [1.54, 1.807) is 0 Å². The van der Waals surface area contributed by atoms with Crippen LogP contribution in [0.4, 0.5) is 0 Å². The summed E-state index contributed by atoms with van der Waals surface area (Å²) in [5, 5.41) is 13.3. The summed E-state index contributed by atoms with van der Waals surface area (Å²) in [5.41, 5.74) is 4.15. The van der Waals surface area contributed by atoms with E-state index in [1.165, 1.54) is 23.8 Å². The molecule has 2 N–H and O–H groups in total. The van der Waals surface area contributed by atoms with E-state index in [2.05, 4.69) is 59.5 Å². The molecular weight excluding hydrogens is 414 g/mol. The first-order valence-electron chi connectivity index (χ1n) is 12.4. The van der Waals surface area contributed by atoms with Crippen molar-refractivity contribution in [2.24, 2.45) is 17.8 Å². The Hall–Kier alpha value is -2.40. The molecule has 1 fully saturated rings. The number of hydrogen-bond donors (Lipinski definition) is 2. The minimum absolute atomic E-state index is 0.00448. The fourth-order valence-corrected chi connectivity index (χ4v) is 5.29. The summed E-state index contributed by atoms with van der Waals surface area (Å²) in [6.07, 6.45) is 14.2. The minimum Gasteiger partial charge on any atom is -0.469 e. The van der Waals surface area contributed by atoms with Crippen LogP contribution >= 0.6 is 0 Å². The zero-order chi connectivity index (χ0) is 23.6. The van der Waals surface area contributed by atoms with Gasteiger partial charge in [-0.15, -0.1) is 0 Å². The molecule has 4 atom stereocenters. The largest absolute Gasteiger partial charge is 0.469 e. The van der Waals surface area contributed by atoms with Crippen molar-refractivity contribution in [1.82, 2.24) is 5.32 Å². The zero-order valence-corrected chi connectivity index (χ0v) is 20.1. The number of ether oxygens (including phenoxy) is 1. The summed E-state index contributed by atoms with van der Waals surface area (Å²) >= 11 is 0. The number of aliphatic hydroxyl groups is 1. The number of amides is 1. The van der Waals surface area contributed by atoms with Crippen LogP contribution in [-0.2, 0) is 20.7 Å². The van der Waals surface area contributed by atoms with Crippen LogP contribution in [0.15, 0.2) is 48.1 Å². The molecule has 1 aromatic carbocycles. The van der Waals surface area contributed by atoms with Crippen LogP contribution in [0.1, 0.15) is 62.5 Å². The van der Waals surface area contributed by atoms with E-state index in [-0.39, 0.29) is 30.3 Å². The molecule has 0 aliphatic heterocycles. The Kier molecular flexibility index (Phi) is 9.74. The molecule has 5 heteroatoms. The second kappa shape index (κ2) is 12.7. The molecule has 0 radical (unpaired) electrons. The van der Waals surface area contributed by atoms with Gasteiger partial charge in [0.25, 0.3) is 0 Å². The van der Waals surface area contributed by atoms with Crippen LogP contribution in [0.5, 0.6) is 0 Å². The number of esters is 1. The number of aliphatic hydroxyl groups excluding tert-OH is 1. The number of nitrogens with one attached hydrogen (secondary N) is 1. The predicted molar refractivity (Wildman–Crippen MR) is 131 cm³/mol. The molecule has 0 saturated heterocycles. The number of hydrogen-bond acceptors (Lipinski definition) is 4. The maximum Gasteiger partial charge on any atom is 0.307 e. The highest BCUT2D eigenvalue weighted by Crippen LogP contribution is 2.48. The van der Waals surface area contributed by atoms with Crippen LogP contribution < -0.4 is 5.32 Å². The molecule has 1 amide bonds. The quantitative estimate of drug-likeness (QED) is 0.274. The van der Waals surface area contributed by atoms with Gasteiger partial charge in [-0.25, -0.2) is 0 Å². The summed E-state index contributed by atoms with van der Waals surface area (Å²) < 4.78 is 4.57. The van der Waals surface area contributed by atoms with Crippen molar-refractivity contribution < 1.29 is 19.4 Å². The smallest absolute Gasteiger partial charge is 0.307 e. The lowest BCUT2D eigenvalue weighted by molar-refractivity contribution is -0.140. The Bertz CT molecular complexity index is 859. The first-order valence-corrected chi connectivity index (χ1v) is 12.4. The van der Waals surface area contributed by atoms with Crippen molar-refractivity contribution in [3.63, 3.8) is 0 Å². The lowest BCUT2D eigenvalue weighted by atomic mass is 9.88. The molecule has 3 rings (SSSR count). The van der Waals surface area contributed by atoms with Crippen molar-refractivity contribution in [1.29, 1.82) is 0 Å². The van der Waals surface area contributed by atoms with Crippen LogP contribution in [-0.4, -0.2) is 36.7 Å². The van der Waals surface area contributed by atoms with Crippen molar-refractivity contribution in [2.75, 3.05) is 13.7 Å². The number of carbonyl (C=O) groups excluding carboxylic acids is 2. The number of carbonyl (C=O) groups is 2. The van der Waals surface area contributed by atoms with Crippen molar-refractivity contribution in [3.05, 3.63) is 59.2 Å². The molecule has 5 nitrogen and oxygen atoms in total. The number of rotatable bonds is 12. The van der Waals surface area contributed by atoms with Gasteiger partial charge in [0, 0.05) is 18.9 Å². The Morgan fingerprint density at radius 2 is 2.06 bits per heavy atom. The maximum atomic E-state index is 11.9. The van der Waals surface area contributed by atoms with E-state index in [0.29, 0.717) is 24.8 Å². The van der Waals surface area contributed by atoms with Gasteiger partial charge in [-0.1, -0.05) is 53.6 Å². The monoisotopic (exact) mass is 453 g/mol. The molecule has 1 saturated carbocycles. The normalized spacial score (nSPS) is 24.0. The molecule has 180 valence electrons. The average Bonchev–Trinajstić information content (AvgIpc) is 3.30. The van der Waals surface area contributed by atoms with E-state index in [9.17, 15) is 14.7 Å². The van der Waals surface area contributed by atoms with Gasteiger partial charge in [-0.3, -0.25) is 9.59 Å². The van der Waals surface area contributed by atoms with Crippen LogP contribution in [0.25, 0.3) is 0 Å². The molecule has 2 aliphatic rings. The standard InChI is InChI=1S/C28H39NO4/c1-20-8-7-11-21(16-20)9-3-5-12-24-25-18-22(17-23(25)19-26(24)30)10-4-6-13-27(31)29-15-14-28(32)33-2/h5,7-8,11-12,16-17,23-26,30H,3-4,6,9-10,13-15,18-19H2,1-2H3,(H,29,31)/t23-,24+,25-,26+/m0/s1. The highest BCUT2D eigenvalue weighted by Gasteiger charge is 2.43. The second-order valence-electron chi connectivity index (χ2n) is 9.58. The third kappa shape index (κ3) is 7.85. The fourth-order valence-electron chi connectivity index (χ4n) is 5.29. The molecular formula is C28H39NO4. The summed E-state index contributed by atoms with van der Waals surface area (Å²) in [6.45, 7) is 2.46. The number of fused-ring (bicyclic) bond motifs is 1. The minimum atomic E-state index is -0.307. The maximum absolute atomic E-state index is 11.9. The number of unbranched alkanes of at least 4 members (excludes halogenated alkanes) is 1. The van der Waals surface area contributed by atoms with Crippen molar-refractivity contribution in [3.8, 4) is 0 Å². The van der Waals surface area contributed by atoms with Gasteiger partial charge in [0.2, 0.25) is 5.91 Å². The SMILES string of the molecule is COC(=O)CCNC(=O)CCCCC1=C[C@H]2C[C@@H](O)[C@H](C=CCCc3cccc(C)c3)[C@H]2C1. The first kappa shape index (κ1) is 25.2. The Morgan fingerprint density at radius 3 is 2.85 bits per heavy atom. The van der Waals surface area contributed by atoms with Crippen molar-refractivity contribution in [2.45, 2.75) is 70.8 Å². The number of benzene rings is 1. The van der Waals surface area contributed by atoms with E-state index >= 15 is 0 Å². The van der Waals surface area contributed by atoms with Gasteiger partial charge in [0.1, 0.15) is 0 Å². The molecule has 1 aromatic rings. The lowest BCUT2D eigenvalue weighted by Gasteiger charge is -2.18. The van der Waals surface area contributed by atoms with E-state index in [1.807, 2.05) is 0 Å². The highest BCUT2D eigenvalue weighted by molar-refractivity contribution is 5.76. The summed E-state index contributed by atoms with van der Waals surface area (Å²) in [4.78, 5) is 22.9. The predicted octanol–water partition coefficient (Wildman–Crippen LogP) is 4.67. The van der Waals surface area contributed by atoms with Gasteiger partial charge in [0.05, 0.1) is 19.6 Å². The lowest BCUT2D eigenvalue weighted by Crippen LogP contribution is -2.25. The molecule has 0 aromatic heterocycles. The van der Waals surface area contributed by atoms with Gasteiger partial charge < -0.3 is 15.2 Å². The Labute approximate surface area is 198 Å². The third-order valence-corrected chi connectivity index (χ3v) is 7.02.